The molecule has 1 fully saturated rings. The molecule has 1 aliphatic rings. The van der Waals surface area contributed by atoms with E-state index in [0.29, 0.717) is 11.5 Å². The van der Waals surface area contributed by atoms with E-state index in [1.54, 1.807) is 7.11 Å². The van der Waals surface area contributed by atoms with Gasteiger partial charge in [0.1, 0.15) is 0 Å². The van der Waals surface area contributed by atoms with E-state index < -0.39 is 0 Å². The average molecular weight is 186 g/mol. The van der Waals surface area contributed by atoms with Crippen molar-refractivity contribution in [1.29, 1.82) is 0 Å². The Morgan fingerprint density at radius 2 is 2.23 bits per heavy atom. The third-order valence-electron chi connectivity index (χ3n) is 2.97. The molecule has 0 amide bonds. The standard InChI is InChI=1S/C10H22N2O/c1-9(7-11)12-8-10(3-4-10)5-6-13-2/h9,12H,3-8,11H2,1-2H3. The average Bonchev–Trinajstić information content (AvgIpc) is 2.92. The molecule has 0 saturated heterocycles. The first-order chi connectivity index (χ1) is 6.22. The zero-order valence-corrected chi connectivity index (χ0v) is 8.81. The van der Waals surface area contributed by atoms with Gasteiger partial charge in [0, 0.05) is 32.8 Å². The molecule has 78 valence electrons. The molecule has 0 aliphatic heterocycles. The summed E-state index contributed by atoms with van der Waals surface area (Å²) in [4.78, 5) is 0. The lowest BCUT2D eigenvalue weighted by Crippen LogP contribution is -2.37. The second-order valence-electron chi connectivity index (χ2n) is 4.26. The number of hydrogen-bond donors (Lipinski definition) is 2. The van der Waals surface area contributed by atoms with E-state index in [0.717, 1.165) is 19.7 Å². The highest BCUT2D eigenvalue weighted by molar-refractivity contribution is 4.95. The number of ether oxygens (including phenoxy) is 1. The van der Waals surface area contributed by atoms with Crippen LogP contribution in [0, 0.1) is 5.41 Å². The number of hydrogen-bond acceptors (Lipinski definition) is 3. The second-order valence-corrected chi connectivity index (χ2v) is 4.26. The molecule has 1 aliphatic carbocycles. The molecule has 3 heteroatoms. The molecular weight excluding hydrogens is 164 g/mol. The first-order valence-corrected chi connectivity index (χ1v) is 5.15. The van der Waals surface area contributed by atoms with Crippen molar-refractivity contribution in [3.8, 4) is 0 Å². The summed E-state index contributed by atoms with van der Waals surface area (Å²) in [6, 6.07) is 0.444. The minimum absolute atomic E-state index is 0.444. The minimum atomic E-state index is 0.444. The number of nitrogens with one attached hydrogen (secondary N) is 1. The normalized spacial score (nSPS) is 21.5. The fourth-order valence-corrected chi connectivity index (χ4v) is 1.48. The Morgan fingerprint density at radius 3 is 2.69 bits per heavy atom. The maximum Gasteiger partial charge on any atom is 0.0468 e. The molecule has 0 spiro atoms. The summed E-state index contributed by atoms with van der Waals surface area (Å²) in [6.45, 7) is 4.85. The van der Waals surface area contributed by atoms with E-state index in [9.17, 15) is 0 Å². The van der Waals surface area contributed by atoms with Crippen LogP contribution in [0.2, 0.25) is 0 Å². The molecule has 0 aromatic heterocycles. The van der Waals surface area contributed by atoms with E-state index >= 15 is 0 Å². The van der Waals surface area contributed by atoms with Crippen molar-refractivity contribution >= 4 is 0 Å². The first kappa shape index (κ1) is 11.0. The molecule has 1 atom stereocenters. The maximum atomic E-state index is 5.53. The van der Waals surface area contributed by atoms with Gasteiger partial charge in [0.25, 0.3) is 0 Å². The van der Waals surface area contributed by atoms with E-state index in [1.807, 2.05) is 0 Å². The van der Waals surface area contributed by atoms with Gasteiger partial charge in [-0.05, 0) is 31.6 Å². The van der Waals surface area contributed by atoms with Crippen molar-refractivity contribution in [3.63, 3.8) is 0 Å². The lowest BCUT2D eigenvalue weighted by atomic mass is 10.0. The molecule has 3 N–H and O–H groups in total. The Hall–Kier alpha value is -0.120. The van der Waals surface area contributed by atoms with Crippen LogP contribution in [0.3, 0.4) is 0 Å². The highest BCUT2D eigenvalue weighted by Gasteiger charge is 2.41. The molecular formula is C10H22N2O. The topological polar surface area (TPSA) is 47.3 Å². The van der Waals surface area contributed by atoms with Gasteiger partial charge in [-0.2, -0.15) is 0 Å². The van der Waals surface area contributed by atoms with E-state index in [1.165, 1.54) is 19.3 Å². The van der Waals surface area contributed by atoms with Crippen LogP contribution in [0.1, 0.15) is 26.2 Å². The van der Waals surface area contributed by atoms with Gasteiger partial charge in [0.2, 0.25) is 0 Å². The van der Waals surface area contributed by atoms with Crippen molar-refractivity contribution in [2.75, 3.05) is 26.8 Å². The van der Waals surface area contributed by atoms with Gasteiger partial charge in [-0.15, -0.1) is 0 Å². The van der Waals surface area contributed by atoms with Crippen molar-refractivity contribution in [3.05, 3.63) is 0 Å². The summed E-state index contributed by atoms with van der Waals surface area (Å²) in [5.74, 6) is 0. The molecule has 1 rings (SSSR count). The summed E-state index contributed by atoms with van der Waals surface area (Å²) in [5, 5.41) is 3.46. The quantitative estimate of drug-likeness (QED) is 0.616. The lowest BCUT2D eigenvalue weighted by Gasteiger charge is -2.18. The van der Waals surface area contributed by atoms with Crippen LogP contribution in [0.4, 0.5) is 0 Å². The smallest absolute Gasteiger partial charge is 0.0468 e. The van der Waals surface area contributed by atoms with Gasteiger partial charge >= 0.3 is 0 Å². The van der Waals surface area contributed by atoms with Gasteiger partial charge in [0.05, 0.1) is 0 Å². The molecule has 1 saturated carbocycles. The van der Waals surface area contributed by atoms with Crippen LogP contribution < -0.4 is 11.1 Å². The minimum Gasteiger partial charge on any atom is -0.385 e. The third kappa shape index (κ3) is 3.63. The van der Waals surface area contributed by atoms with Crippen LogP contribution in [0.5, 0.6) is 0 Å². The largest absolute Gasteiger partial charge is 0.385 e. The van der Waals surface area contributed by atoms with Crippen LogP contribution in [0.15, 0.2) is 0 Å². The van der Waals surface area contributed by atoms with Crippen LogP contribution >= 0.6 is 0 Å². The molecule has 0 heterocycles. The van der Waals surface area contributed by atoms with Crippen molar-refractivity contribution in [1.82, 2.24) is 5.32 Å². The zero-order chi connectivity index (χ0) is 9.73. The van der Waals surface area contributed by atoms with Crippen molar-refractivity contribution in [2.45, 2.75) is 32.2 Å². The Morgan fingerprint density at radius 1 is 1.54 bits per heavy atom. The Bertz CT molecular complexity index is 146. The summed E-state index contributed by atoms with van der Waals surface area (Å²) >= 11 is 0. The monoisotopic (exact) mass is 186 g/mol. The van der Waals surface area contributed by atoms with E-state index in [4.69, 9.17) is 10.5 Å². The lowest BCUT2D eigenvalue weighted by molar-refractivity contribution is 0.170. The molecule has 3 nitrogen and oxygen atoms in total. The molecule has 0 aromatic carbocycles. The summed E-state index contributed by atoms with van der Waals surface area (Å²) in [7, 11) is 1.77. The van der Waals surface area contributed by atoms with Gasteiger partial charge in [-0.25, -0.2) is 0 Å². The maximum absolute atomic E-state index is 5.53. The number of methoxy groups -OCH3 is 1. The Balaban J connectivity index is 2.12. The third-order valence-corrected chi connectivity index (χ3v) is 2.97. The van der Waals surface area contributed by atoms with Gasteiger partial charge in [-0.1, -0.05) is 0 Å². The number of nitrogens with two attached hydrogens (primary N) is 1. The highest BCUT2D eigenvalue weighted by atomic mass is 16.5. The first-order valence-electron chi connectivity index (χ1n) is 5.15. The predicted octanol–water partition coefficient (Wildman–Crippen LogP) is 0.740. The molecule has 0 aromatic rings. The Kier molecular flexibility index (Phi) is 4.16. The molecule has 0 bridgehead atoms. The van der Waals surface area contributed by atoms with E-state index in [2.05, 4.69) is 12.2 Å². The van der Waals surface area contributed by atoms with Crippen LogP contribution in [-0.2, 0) is 4.74 Å². The SMILES string of the molecule is COCCC1(CNC(C)CN)CC1. The summed E-state index contributed by atoms with van der Waals surface area (Å²) in [5.41, 5.74) is 6.08. The molecule has 0 radical (unpaired) electrons. The summed E-state index contributed by atoms with van der Waals surface area (Å²) in [6.07, 6.45) is 3.88. The zero-order valence-electron chi connectivity index (χ0n) is 8.81. The van der Waals surface area contributed by atoms with Gasteiger partial charge in [0.15, 0.2) is 0 Å². The fraction of sp³-hybridized carbons (Fsp3) is 1.00. The van der Waals surface area contributed by atoms with Crippen LogP contribution in [0.25, 0.3) is 0 Å². The van der Waals surface area contributed by atoms with Gasteiger partial charge < -0.3 is 15.8 Å². The highest BCUT2D eigenvalue weighted by Crippen LogP contribution is 2.48. The predicted molar refractivity (Wildman–Crippen MR) is 54.7 cm³/mol. The van der Waals surface area contributed by atoms with Crippen molar-refractivity contribution in [2.24, 2.45) is 11.1 Å². The van der Waals surface area contributed by atoms with Gasteiger partial charge in [-0.3, -0.25) is 0 Å². The fourth-order valence-electron chi connectivity index (χ4n) is 1.48. The molecule has 1 unspecified atom stereocenters. The summed E-state index contributed by atoms with van der Waals surface area (Å²) < 4.78 is 5.10. The second kappa shape index (κ2) is 4.94. The molecule has 13 heavy (non-hydrogen) atoms. The van der Waals surface area contributed by atoms with Crippen molar-refractivity contribution < 1.29 is 4.74 Å². The van der Waals surface area contributed by atoms with Crippen LogP contribution in [-0.4, -0.2) is 32.8 Å². The number of rotatable bonds is 7. The Labute approximate surface area is 81.0 Å². The van der Waals surface area contributed by atoms with E-state index in [-0.39, 0.29) is 0 Å².